The highest BCUT2D eigenvalue weighted by Crippen LogP contribution is 2.23. The summed E-state index contributed by atoms with van der Waals surface area (Å²) in [4.78, 5) is -0.0898. The predicted molar refractivity (Wildman–Crippen MR) is 86.8 cm³/mol. The number of sulfonamides is 1. The van der Waals surface area contributed by atoms with Crippen LogP contribution in [0.15, 0.2) is 41.3 Å². The van der Waals surface area contributed by atoms with E-state index in [2.05, 4.69) is 4.72 Å². The number of hydrogen-bond acceptors (Lipinski definition) is 2. The Bertz CT molecular complexity index is 797. The van der Waals surface area contributed by atoms with Crippen LogP contribution in [0.2, 0.25) is 15.1 Å². The molecule has 0 fully saturated rings. The first-order chi connectivity index (χ1) is 10.3. The average Bonchev–Trinajstić information content (AvgIpc) is 2.45. The first-order valence-corrected chi connectivity index (χ1v) is 8.80. The van der Waals surface area contributed by atoms with Gasteiger partial charge in [-0.05, 0) is 42.3 Å². The van der Waals surface area contributed by atoms with Gasteiger partial charge in [0.1, 0.15) is 5.82 Å². The molecule has 2 rings (SSSR count). The van der Waals surface area contributed by atoms with Crippen molar-refractivity contribution in [3.05, 3.63) is 62.8 Å². The minimum Gasteiger partial charge on any atom is -0.211 e. The number of nitrogens with one attached hydrogen (secondary N) is 1. The zero-order valence-corrected chi connectivity index (χ0v) is 14.2. The summed E-state index contributed by atoms with van der Waals surface area (Å²) in [5, 5.41) is 0.603. The summed E-state index contributed by atoms with van der Waals surface area (Å²) >= 11 is 17.3. The van der Waals surface area contributed by atoms with E-state index in [1.165, 1.54) is 0 Å². The number of benzene rings is 2. The molecule has 0 spiro atoms. The normalized spacial score (nSPS) is 11.6. The van der Waals surface area contributed by atoms with E-state index >= 15 is 0 Å². The summed E-state index contributed by atoms with van der Waals surface area (Å²) in [6.07, 6.45) is 0.436. The van der Waals surface area contributed by atoms with Crippen LogP contribution < -0.4 is 4.72 Å². The number of rotatable bonds is 5. The second kappa shape index (κ2) is 7.15. The molecule has 0 aromatic heterocycles. The maximum absolute atomic E-state index is 13.1. The third-order valence-electron chi connectivity index (χ3n) is 2.89. The third kappa shape index (κ3) is 4.33. The fraction of sp³-hybridized carbons (Fsp3) is 0.143. The van der Waals surface area contributed by atoms with Gasteiger partial charge < -0.3 is 0 Å². The van der Waals surface area contributed by atoms with E-state index in [4.69, 9.17) is 34.8 Å². The lowest BCUT2D eigenvalue weighted by Crippen LogP contribution is -2.26. The molecular weight excluding hydrogens is 372 g/mol. The highest BCUT2D eigenvalue weighted by molar-refractivity contribution is 7.89. The smallest absolute Gasteiger partial charge is 0.211 e. The summed E-state index contributed by atoms with van der Waals surface area (Å²) in [5.74, 6) is -0.670. The Morgan fingerprint density at radius 3 is 2.32 bits per heavy atom. The lowest BCUT2D eigenvalue weighted by atomic mass is 10.1. The lowest BCUT2D eigenvalue weighted by molar-refractivity contribution is 0.580. The molecule has 3 nitrogen and oxygen atoms in total. The fourth-order valence-electron chi connectivity index (χ4n) is 1.75. The monoisotopic (exact) mass is 381 g/mol. The second-order valence-corrected chi connectivity index (χ2v) is 7.46. The average molecular weight is 383 g/mol. The van der Waals surface area contributed by atoms with Gasteiger partial charge >= 0.3 is 0 Å². The highest BCUT2D eigenvalue weighted by Gasteiger charge is 2.15. The molecule has 1 N–H and O–H groups in total. The van der Waals surface area contributed by atoms with E-state index in [9.17, 15) is 12.8 Å². The van der Waals surface area contributed by atoms with Gasteiger partial charge in [-0.2, -0.15) is 0 Å². The molecule has 0 atom stereocenters. The molecule has 2 aromatic rings. The van der Waals surface area contributed by atoms with Crippen molar-refractivity contribution in [2.45, 2.75) is 11.3 Å². The van der Waals surface area contributed by atoms with Gasteiger partial charge in [-0.15, -0.1) is 0 Å². The minimum atomic E-state index is -3.75. The van der Waals surface area contributed by atoms with Crippen LogP contribution >= 0.6 is 34.8 Å². The van der Waals surface area contributed by atoms with Gasteiger partial charge in [0.15, 0.2) is 0 Å². The van der Waals surface area contributed by atoms with Crippen LogP contribution in [0.25, 0.3) is 0 Å². The second-order valence-electron chi connectivity index (χ2n) is 4.47. The maximum Gasteiger partial charge on any atom is 0.240 e. The Morgan fingerprint density at radius 1 is 0.955 bits per heavy atom. The lowest BCUT2D eigenvalue weighted by Gasteiger charge is -2.08. The van der Waals surface area contributed by atoms with E-state index in [-0.39, 0.29) is 16.5 Å². The van der Waals surface area contributed by atoms with Gasteiger partial charge in [-0.1, -0.05) is 40.9 Å². The van der Waals surface area contributed by atoms with Crippen LogP contribution in [0, 0.1) is 5.82 Å². The largest absolute Gasteiger partial charge is 0.240 e. The van der Waals surface area contributed by atoms with Crippen molar-refractivity contribution < 1.29 is 12.8 Å². The molecule has 0 saturated heterocycles. The van der Waals surface area contributed by atoms with Gasteiger partial charge in [0, 0.05) is 6.54 Å². The van der Waals surface area contributed by atoms with E-state index in [0.29, 0.717) is 16.5 Å². The molecule has 0 amide bonds. The highest BCUT2D eigenvalue weighted by atomic mass is 35.5. The fourth-order valence-corrected chi connectivity index (χ4v) is 3.38. The van der Waals surface area contributed by atoms with Crippen molar-refractivity contribution in [2.75, 3.05) is 6.54 Å². The van der Waals surface area contributed by atoms with Crippen molar-refractivity contribution in [1.29, 1.82) is 0 Å². The van der Waals surface area contributed by atoms with Crippen LogP contribution in [0.3, 0.4) is 0 Å². The molecule has 0 aliphatic rings. The Morgan fingerprint density at radius 2 is 1.68 bits per heavy atom. The topological polar surface area (TPSA) is 46.2 Å². The predicted octanol–water partition coefficient (Wildman–Crippen LogP) is 4.31. The molecule has 0 aliphatic heterocycles. The summed E-state index contributed by atoms with van der Waals surface area (Å²) in [7, 11) is -3.75. The van der Waals surface area contributed by atoms with Gasteiger partial charge in [0.25, 0.3) is 0 Å². The molecule has 0 radical (unpaired) electrons. The first-order valence-electron chi connectivity index (χ1n) is 6.18. The van der Waals surface area contributed by atoms with E-state index in [1.54, 1.807) is 18.2 Å². The van der Waals surface area contributed by atoms with Crippen LogP contribution in [0.1, 0.15) is 5.56 Å². The molecule has 0 heterocycles. The van der Waals surface area contributed by atoms with Gasteiger partial charge in [-0.3, -0.25) is 0 Å². The van der Waals surface area contributed by atoms with Gasteiger partial charge in [0.05, 0.1) is 20.0 Å². The third-order valence-corrected chi connectivity index (χ3v) is 5.38. The Kier molecular flexibility index (Phi) is 5.69. The van der Waals surface area contributed by atoms with Crippen molar-refractivity contribution in [1.82, 2.24) is 4.72 Å². The van der Waals surface area contributed by atoms with Crippen molar-refractivity contribution in [3.8, 4) is 0 Å². The quantitative estimate of drug-likeness (QED) is 0.837. The summed E-state index contributed by atoms with van der Waals surface area (Å²) in [5.41, 5.74) is 0.842. The standard InChI is InChI=1S/C14H11Cl3FNO2S/c15-11-3-1-9(7-12(11)16)5-6-19-22(20,21)10-2-4-14(18)13(17)8-10/h1-4,7-8,19H,5-6H2. The Hall–Kier alpha value is -0.850. The van der Waals surface area contributed by atoms with Crippen molar-refractivity contribution in [3.63, 3.8) is 0 Å². The molecule has 0 saturated carbocycles. The zero-order chi connectivity index (χ0) is 16.3. The van der Waals surface area contributed by atoms with E-state index in [0.717, 1.165) is 23.8 Å². The van der Waals surface area contributed by atoms with Crippen LogP contribution in [-0.2, 0) is 16.4 Å². The van der Waals surface area contributed by atoms with Crippen LogP contribution in [0.4, 0.5) is 4.39 Å². The molecule has 8 heteroatoms. The van der Waals surface area contributed by atoms with Crippen molar-refractivity contribution in [2.24, 2.45) is 0 Å². The molecule has 22 heavy (non-hydrogen) atoms. The van der Waals surface area contributed by atoms with Gasteiger partial charge in [-0.25, -0.2) is 17.5 Å². The Labute approximate surface area is 143 Å². The number of halogens is 4. The molecule has 2 aromatic carbocycles. The summed E-state index contributed by atoms with van der Waals surface area (Å²) in [6, 6.07) is 8.31. The molecule has 0 bridgehead atoms. The summed E-state index contributed by atoms with van der Waals surface area (Å²) in [6.45, 7) is 0.162. The van der Waals surface area contributed by atoms with E-state index < -0.39 is 15.8 Å². The maximum atomic E-state index is 13.1. The van der Waals surface area contributed by atoms with Crippen molar-refractivity contribution >= 4 is 44.8 Å². The first kappa shape index (κ1) is 17.5. The number of hydrogen-bond donors (Lipinski definition) is 1. The minimum absolute atomic E-state index is 0.0898. The van der Waals surface area contributed by atoms with Crippen LogP contribution in [-0.4, -0.2) is 15.0 Å². The molecule has 0 aliphatic carbocycles. The zero-order valence-electron chi connectivity index (χ0n) is 11.1. The molecular formula is C14H11Cl3FNO2S. The summed E-state index contributed by atoms with van der Waals surface area (Å²) < 4.78 is 39.6. The molecule has 118 valence electrons. The molecule has 0 unspecified atom stereocenters. The Balaban J connectivity index is 2.03. The van der Waals surface area contributed by atoms with Crippen LogP contribution in [0.5, 0.6) is 0 Å². The van der Waals surface area contributed by atoms with Gasteiger partial charge in [0.2, 0.25) is 10.0 Å². The van der Waals surface area contributed by atoms with E-state index in [1.807, 2.05) is 0 Å². The SMILES string of the molecule is O=S(=O)(NCCc1ccc(Cl)c(Cl)c1)c1ccc(F)c(Cl)c1.